The Morgan fingerprint density at radius 2 is 1.50 bits per heavy atom. The second-order valence-electron chi connectivity index (χ2n) is 11.1. The Kier molecular flexibility index (Phi) is 4.56. The first-order valence-electron chi connectivity index (χ1n) is 10.0. The van der Waals surface area contributed by atoms with Crippen molar-refractivity contribution in [3.8, 4) is 0 Å². The van der Waals surface area contributed by atoms with Gasteiger partial charge in [0.15, 0.2) is 0 Å². The molecule has 1 saturated heterocycles. The molecule has 0 atom stereocenters. The number of carbonyl (C=O) groups excluding carboxylic acids is 1. The zero-order valence-electron chi connectivity index (χ0n) is 16.7. The van der Waals surface area contributed by atoms with Gasteiger partial charge in [0, 0.05) is 36.0 Å². The summed E-state index contributed by atoms with van der Waals surface area (Å²) in [4.78, 5) is 14.9. The van der Waals surface area contributed by atoms with Crippen molar-refractivity contribution in [2.75, 3.05) is 13.1 Å². The first-order valence-corrected chi connectivity index (χ1v) is 10.0. The van der Waals surface area contributed by atoms with E-state index in [0.29, 0.717) is 28.7 Å². The van der Waals surface area contributed by atoms with E-state index in [4.69, 9.17) is 0 Å². The molecule has 2 aliphatic carbocycles. The number of hydrogen-bond acceptors (Lipinski definition) is 2. The third kappa shape index (κ3) is 3.81. The number of hydrogen-bond donors (Lipinski definition) is 1. The Morgan fingerprint density at radius 1 is 0.958 bits per heavy atom. The lowest BCUT2D eigenvalue weighted by molar-refractivity contribution is -0.158. The van der Waals surface area contributed by atoms with Crippen molar-refractivity contribution in [3.05, 3.63) is 0 Å². The zero-order valence-corrected chi connectivity index (χ0v) is 16.7. The number of rotatable bonds is 2. The van der Waals surface area contributed by atoms with Gasteiger partial charge in [-0.2, -0.15) is 0 Å². The summed E-state index contributed by atoms with van der Waals surface area (Å²) in [5.41, 5.74) is 1.06. The van der Waals surface area contributed by atoms with E-state index >= 15 is 0 Å². The Bertz CT molecular complexity index is 463. The van der Waals surface area contributed by atoms with Crippen molar-refractivity contribution in [3.63, 3.8) is 0 Å². The molecule has 3 heteroatoms. The molecule has 3 rings (SSSR count). The molecule has 1 N–H and O–H groups in total. The SMILES string of the molecule is CC(C)(C)NC1CC2(C1)CN(C(=O)C1CCC(C(C)(C)C)CC1)C2. The van der Waals surface area contributed by atoms with Crippen molar-refractivity contribution in [2.45, 2.75) is 91.6 Å². The summed E-state index contributed by atoms with van der Waals surface area (Å²) in [5.74, 6) is 1.56. The average Bonchev–Trinajstić information content (AvgIpc) is 2.37. The van der Waals surface area contributed by atoms with Gasteiger partial charge in [-0.3, -0.25) is 4.79 Å². The fourth-order valence-corrected chi connectivity index (χ4v) is 5.34. The van der Waals surface area contributed by atoms with Gasteiger partial charge < -0.3 is 10.2 Å². The molecule has 0 bridgehead atoms. The lowest BCUT2D eigenvalue weighted by Crippen LogP contribution is -2.69. The fraction of sp³-hybridized carbons (Fsp3) is 0.952. The Labute approximate surface area is 148 Å². The molecule has 2 saturated carbocycles. The van der Waals surface area contributed by atoms with Gasteiger partial charge >= 0.3 is 0 Å². The highest BCUT2D eigenvalue weighted by atomic mass is 16.2. The van der Waals surface area contributed by atoms with Crippen molar-refractivity contribution < 1.29 is 4.79 Å². The molecule has 3 fully saturated rings. The van der Waals surface area contributed by atoms with E-state index in [1.54, 1.807) is 0 Å². The molecule has 24 heavy (non-hydrogen) atoms. The van der Waals surface area contributed by atoms with E-state index in [2.05, 4.69) is 51.8 Å². The minimum atomic E-state index is 0.206. The molecule has 1 aliphatic heterocycles. The van der Waals surface area contributed by atoms with Crippen LogP contribution in [0.2, 0.25) is 0 Å². The smallest absolute Gasteiger partial charge is 0.225 e. The summed E-state index contributed by atoms with van der Waals surface area (Å²) < 4.78 is 0. The van der Waals surface area contributed by atoms with Crippen LogP contribution in [0.4, 0.5) is 0 Å². The molecule has 0 unspecified atom stereocenters. The lowest BCUT2D eigenvalue weighted by Gasteiger charge is -2.60. The average molecular weight is 335 g/mol. The van der Waals surface area contributed by atoms with Crippen molar-refractivity contribution in [1.82, 2.24) is 10.2 Å². The van der Waals surface area contributed by atoms with Gasteiger partial charge in [0.05, 0.1) is 0 Å². The molecular formula is C21H38N2O. The van der Waals surface area contributed by atoms with Gasteiger partial charge in [-0.25, -0.2) is 0 Å². The Morgan fingerprint density at radius 3 is 1.96 bits per heavy atom. The molecule has 0 aromatic heterocycles. The second-order valence-corrected chi connectivity index (χ2v) is 11.1. The maximum Gasteiger partial charge on any atom is 0.225 e. The van der Waals surface area contributed by atoms with Gasteiger partial charge in [0.2, 0.25) is 5.91 Å². The molecule has 138 valence electrons. The van der Waals surface area contributed by atoms with Gasteiger partial charge in [0.1, 0.15) is 0 Å². The number of nitrogens with one attached hydrogen (secondary N) is 1. The Hall–Kier alpha value is -0.570. The van der Waals surface area contributed by atoms with Crippen LogP contribution in [0.5, 0.6) is 0 Å². The summed E-state index contributed by atoms with van der Waals surface area (Å²) in [5, 5.41) is 3.70. The minimum absolute atomic E-state index is 0.206. The summed E-state index contributed by atoms with van der Waals surface area (Å²) in [6.45, 7) is 15.8. The lowest BCUT2D eigenvalue weighted by atomic mass is 9.60. The van der Waals surface area contributed by atoms with Crippen LogP contribution in [0.15, 0.2) is 0 Å². The summed E-state index contributed by atoms with van der Waals surface area (Å²) in [6.07, 6.45) is 7.19. The molecule has 0 radical (unpaired) electrons. The van der Waals surface area contributed by atoms with Crippen LogP contribution in [-0.4, -0.2) is 35.5 Å². The van der Waals surface area contributed by atoms with E-state index in [-0.39, 0.29) is 5.54 Å². The topological polar surface area (TPSA) is 32.3 Å². The standard InChI is InChI=1S/C21H38N2O/c1-19(2,3)16-9-7-15(8-10-16)18(24)23-13-21(14-23)11-17(12-21)22-20(4,5)6/h15-17,22H,7-14H2,1-6H3. The van der Waals surface area contributed by atoms with Crippen LogP contribution in [0.3, 0.4) is 0 Å². The highest BCUT2D eigenvalue weighted by molar-refractivity contribution is 5.80. The van der Waals surface area contributed by atoms with E-state index in [0.717, 1.165) is 31.8 Å². The maximum absolute atomic E-state index is 12.8. The first kappa shape index (κ1) is 18.2. The molecule has 1 spiro atoms. The predicted octanol–water partition coefficient (Wildman–Crippen LogP) is 4.22. The number of carbonyl (C=O) groups is 1. The third-order valence-corrected chi connectivity index (χ3v) is 6.66. The molecular weight excluding hydrogens is 296 g/mol. The molecule has 1 amide bonds. The maximum atomic E-state index is 12.8. The first-order chi connectivity index (χ1) is 11.0. The monoisotopic (exact) mass is 334 g/mol. The quantitative estimate of drug-likeness (QED) is 0.820. The molecule has 0 aromatic carbocycles. The Balaban J connectivity index is 1.41. The number of nitrogens with zero attached hydrogens (tertiary/aromatic N) is 1. The van der Waals surface area contributed by atoms with Crippen LogP contribution in [0.1, 0.15) is 80.1 Å². The fourth-order valence-electron chi connectivity index (χ4n) is 5.34. The van der Waals surface area contributed by atoms with Gasteiger partial charge in [-0.1, -0.05) is 20.8 Å². The largest absolute Gasteiger partial charge is 0.341 e. The highest BCUT2D eigenvalue weighted by Crippen LogP contribution is 2.50. The summed E-state index contributed by atoms with van der Waals surface area (Å²) in [7, 11) is 0. The predicted molar refractivity (Wildman–Crippen MR) is 99.8 cm³/mol. The van der Waals surface area contributed by atoms with Gasteiger partial charge in [-0.15, -0.1) is 0 Å². The third-order valence-electron chi connectivity index (χ3n) is 6.66. The molecule has 3 aliphatic rings. The van der Waals surface area contributed by atoms with E-state index in [1.165, 1.54) is 25.7 Å². The summed E-state index contributed by atoms with van der Waals surface area (Å²) in [6, 6.07) is 0.657. The van der Waals surface area contributed by atoms with E-state index in [9.17, 15) is 4.79 Å². The van der Waals surface area contributed by atoms with Crippen LogP contribution in [0.25, 0.3) is 0 Å². The van der Waals surface area contributed by atoms with E-state index in [1.807, 2.05) is 0 Å². The highest BCUT2D eigenvalue weighted by Gasteiger charge is 2.54. The van der Waals surface area contributed by atoms with Gasteiger partial charge in [-0.05, 0) is 70.6 Å². The minimum Gasteiger partial charge on any atom is -0.341 e. The second kappa shape index (κ2) is 6.00. The van der Waals surface area contributed by atoms with Crippen LogP contribution >= 0.6 is 0 Å². The van der Waals surface area contributed by atoms with Crippen molar-refractivity contribution in [2.24, 2.45) is 22.7 Å². The van der Waals surface area contributed by atoms with Gasteiger partial charge in [0.25, 0.3) is 0 Å². The normalized spacial score (nSPS) is 30.8. The molecule has 3 nitrogen and oxygen atoms in total. The van der Waals surface area contributed by atoms with Crippen LogP contribution in [0, 0.1) is 22.7 Å². The molecule has 1 heterocycles. The van der Waals surface area contributed by atoms with Crippen molar-refractivity contribution in [1.29, 1.82) is 0 Å². The van der Waals surface area contributed by atoms with Crippen molar-refractivity contribution >= 4 is 5.91 Å². The molecule has 0 aromatic rings. The van der Waals surface area contributed by atoms with Crippen LogP contribution < -0.4 is 5.32 Å². The summed E-state index contributed by atoms with van der Waals surface area (Å²) >= 11 is 0. The van der Waals surface area contributed by atoms with Crippen LogP contribution in [-0.2, 0) is 4.79 Å². The number of likely N-dealkylation sites (tertiary alicyclic amines) is 1. The number of amides is 1. The van der Waals surface area contributed by atoms with E-state index < -0.39 is 0 Å². The zero-order chi connectivity index (χ0) is 17.8.